The number of benzene rings is 2. The van der Waals surface area contributed by atoms with E-state index in [1.807, 2.05) is 0 Å². The molecule has 8 heteroatoms. The van der Waals surface area contributed by atoms with Crippen molar-refractivity contribution in [1.29, 1.82) is 5.26 Å². The number of piperazine rings is 1. The second kappa shape index (κ2) is 10.3. The van der Waals surface area contributed by atoms with Crippen molar-refractivity contribution < 1.29 is 8.78 Å². The lowest BCUT2D eigenvalue weighted by molar-refractivity contribution is 0.105. The maximum Gasteiger partial charge on any atom is 0.252 e. The lowest BCUT2D eigenvalue weighted by Crippen LogP contribution is -2.56. The van der Waals surface area contributed by atoms with E-state index in [9.17, 15) is 18.8 Å². The van der Waals surface area contributed by atoms with Crippen molar-refractivity contribution >= 4 is 16.7 Å². The van der Waals surface area contributed by atoms with Crippen LogP contribution in [0.4, 0.5) is 14.5 Å². The van der Waals surface area contributed by atoms with Crippen molar-refractivity contribution in [3.05, 3.63) is 106 Å². The molecule has 0 radical (unpaired) electrons. The van der Waals surface area contributed by atoms with Gasteiger partial charge in [-0.1, -0.05) is 38.1 Å². The molecule has 0 bridgehead atoms. The Hall–Kier alpha value is -4.09. The molecule has 3 heterocycles. The van der Waals surface area contributed by atoms with E-state index < -0.39 is 0 Å². The van der Waals surface area contributed by atoms with Crippen LogP contribution in [0, 0.1) is 28.9 Å². The van der Waals surface area contributed by atoms with Crippen LogP contribution in [-0.4, -0.2) is 40.1 Å². The Kier molecular flexibility index (Phi) is 6.96. The van der Waals surface area contributed by atoms with Crippen molar-refractivity contribution in [1.82, 2.24) is 14.5 Å². The van der Waals surface area contributed by atoms with Crippen molar-refractivity contribution in [3.63, 3.8) is 0 Å². The van der Waals surface area contributed by atoms with E-state index in [-0.39, 0.29) is 35.2 Å². The summed E-state index contributed by atoms with van der Waals surface area (Å²) < 4.78 is 29.2. The highest BCUT2D eigenvalue weighted by Crippen LogP contribution is 2.36. The third-order valence-electron chi connectivity index (χ3n) is 7.46. The summed E-state index contributed by atoms with van der Waals surface area (Å²) in [5.74, 6) is -0.376. The van der Waals surface area contributed by atoms with Crippen LogP contribution in [-0.2, 0) is 7.05 Å². The van der Waals surface area contributed by atoms with E-state index in [4.69, 9.17) is 0 Å². The van der Waals surface area contributed by atoms with Crippen molar-refractivity contribution in [2.24, 2.45) is 13.0 Å². The fourth-order valence-electron chi connectivity index (χ4n) is 5.44. The molecule has 1 aliphatic rings. The second-order valence-corrected chi connectivity index (χ2v) is 10.1. The highest BCUT2D eigenvalue weighted by molar-refractivity contribution is 5.88. The summed E-state index contributed by atoms with van der Waals surface area (Å²) in [6, 6.07) is 19.9. The number of nitrogens with zero attached hydrogens (tertiary/aromatic N) is 5. The molecule has 1 saturated heterocycles. The van der Waals surface area contributed by atoms with Gasteiger partial charge in [0.15, 0.2) is 0 Å². The van der Waals surface area contributed by atoms with Crippen LogP contribution in [0.25, 0.3) is 11.0 Å². The molecule has 1 fully saturated rings. The maximum absolute atomic E-state index is 13.8. The standard InChI is InChI=1S/C30H29F2N5O/c1-19(2)27-18-36(26-16-28(38)35(3)25-13-12-24(17-33)34-29(25)26)14-15-37(27)30(20-4-8-22(31)9-5-20)21-6-10-23(32)11-7-21/h4-13,16,19,27,30H,14-15,18H2,1-3H3/t27-/m0/s1. The average Bonchev–Trinajstić information content (AvgIpc) is 2.92. The van der Waals surface area contributed by atoms with Crippen LogP contribution in [0.15, 0.2) is 71.5 Å². The number of rotatable bonds is 5. The summed E-state index contributed by atoms with van der Waals surface area (Å²) in [7, 11) is 1.70. The monoisotopic (exact) mass is 513 g/mol. The van der Waals surface area contributed by atoms with Gasteiger partial charge in [-0.2, -0.15) is 5.26 Å². The number of pyridine rings is 2. The smallest absolute Gasteiger partial charge is 0.252 e. The molecule has 0 saturated carbocycles. The molecule has 5 rings (SSSR count). The molecule has 0 amide bonds. The molecule has 38 heavy (non-hydrogen) atoms. The van der Waals surface area contributed by atoms with Gasteiger partial charge in [-0.25, -0.2) is 13.8 Å². The number of aromatic nitrogens is 2. The minimum Gasteiger partial charge on any atom is -0.367 e. The zero-order valence-electron chi connectivity index (χ0n) is 21.6. The van der Waals surface area contributed by atoms with Gasteiger partial charge in [0.2, 0.25) is 0 Å². The van der Waals surface area contributed by atoms with Crippen molar-refractivity contribution in [2.75, 3.05) is 24.5 Å². The number of anilines is 1. The zero-order chi connectivity index (χ0) is 27.0. The third kappa shape index (κ3) is 4.77. The first-order chi connectivity index (χ1) is 18.3. The molecule has 0 aliphatic carbocycles. The van der Waals surface area contributed by atoms with E-state index in [0.29, 0.717) is 42.0 Å². The Morgan fingerprint density at radius 2 is 1.55 bits per heavy atom. The zero-order valence-corrected chi connectivity index (χ0v) is 21.6. The normalized spacial score (nSPS) is 16.4. The van der Waals surface area contributed by atoms with Crippen molar-refractivity contribution in [2.45, 2.75) is 25.9 Å². The molecular weight excluding hydrogens is 484 g/mol. The van der Waals surface area contributed by atoms with E-state index in [2.05, 4.69) is 34.7 Å². The van der Waals surface area contributed by atoms with E-state index in [1.165, 1.54) is 24.3 Å². The van der Waals surface area contributed by atoms with Gasteiger partial charge in [-0.3, -0.25) is 9.69 Å². The van der Waals surface area contributed by atoms with Gasteiger partial charge in [0.05, 0.1) is 17.2 Å². The summed E-state index contributed by atoms with van der Waals surface area (Å²) in [4.78, 5) is 22.0. The second-order valence-electron chi connectivity index (χ2n) is 10.1. The summed E-state index contributed by atoms with van der Waals surface area (Å²) in [6.07, 6.45) is 0. The van der Waals surface area contributed by atoms with Crippen molar-refractivity contribution in [3.8, 4) is 6.07 Å². The largest absolute Gasteiger partial charge is 0.367 e. The first kappa shape index (κ1) is 25.6. The van der Waals surface area contributed by atoms with Crippen LogP contribution in [0.1, 0.15) is 36.7 Å². The van der Waals surface area contributed by atoms with E-state index >= 15 is 0 Å². The van der Waals surface area contributed by atoms with Crippen LogP contribution in [0.3, 0.4) is 0 Å². The molecule has 2 aromatic carbocycles. The molecule has 0 spiro atoms. The van der Waals surface area contributed by atoms with Crippen LogP contribution >= 0.6 is 0 Å². The van der Waals surface area contributed by atoms with E-state index in [0.717, 1.165) is 11.1 Å². The lowest BCUT2D eigenvalue weighted by Gasteiger charge is -2.48. The minimum atomic E-state index is -0.307. The van der Waals surface area contributed by atoms with Gasteiger partial charge in [-0.15, -0.1) is 0 Å². The van der Waals surface area contributed by atoms with Crippen LogP contribution in [0.5, 0.6) is 0 Å². The van der Waals surface area contributed by atoms with Gasteiger partial charge in [0, 0.05) is 38.8 Å². The summed E-state index contributed by atoms with van der Waals surface area (Å²) >= 11 is 0. The molecule has 4 aromatic rings. The number of halogens is 2. The third-order valence-corrected chi connectivity index (χ3v) is 7.46. The quantitative estimate of drug-likeness (QED) is 0.375. The SMILES string of the molecule is CC(C)[C@@H]1CN(c2cc(=O)n(C)c3ccc(C#N)nc23)CCN1C(c1ccc(F)cc1)c1ccc(F)cc1. The Bertz CT molecular complexity index is 1510. The summed E-state index contributed by atoms with van der Waals surface area (Å²) in [5, 5.41) is 9.44. The molecule has 1 atom stereocenters. The van der Waals surface area contributed by atoms with Gasteiger partial charge < -0.3 is 9.47 Å². The molecule has 194 valence electrons. The highest BCUT2D eigenvalue weighted by Gasteiger charge is 2.36. The first-order valence-corrected chi connectivity index (χ1v) is 12.7. The van der Waals surface area contributed by atoms with Gasteiger partial charge >= 0.3 is 0 Å². The summed E-state index contributed by atoms with van der Waals surface area (Å²) in [6.45, 7) is 6.19. The predicted octanol–water partition coefficient (Wildman–Crippen LogP) is 5.02. The number of hydrogen-bond donors (Lipinski definition) is 0. The molecule has 0 unspecified atom stereocenters. The molecular formula is C30H29F2N5O. The van der Waals surface area contributed by atoms with Crippen LogP contribution in [0.2, 0.25) is 0 Å². The predicted molar refractivity (Wildman–Crippen MR) is 144 cm³/mol. The Morgan fingerprint density at radius 3 is 2.11 bits per heavy atom. The number of fused-ring (bicyclic) bond motifs is 1. The number of nitriles is 1. The van der Waals surface area contributed by atoms with Gasteiger partial charge in [-0.05, 0) is 53.4 Å². The van der Waals surface area contributed by atoms with Gasteiger partial charge in [0.1, 0.15) is 28.9 Å². The number of hydrogen-bond acceptors (Lipinski definition) is 5. The molecule has 0 N–H and O–H groups in total. The molecule has 2 aromatic heterocycles. The summed E-state index contributed by atoms with van der Waals surface area (Å²) in [5.41, 5.74) is 4.02. The first-order valence-electron chi connectivity index (χ1n) is 12.7. The van der Waals surface area contributed by atoms with E-state index in [1.54, 1.807) is 54.1 Å². The Balaban J connectivity index is 1.57. The average molecular weight is 514 g/mol. The topological polar surface area (TPSA) is 65.2 Å². The van der Waals surface area contributed by atoms with Gasteiger partial charge in [0.25, 0.3) is 5.56 Å². The lowest BCUT2D eigenvalue weighted by atomic mass is 9.90. The minimum absolute atomic E-state index is 0.0575. The Morgan fingerprint density at radius 1 is 0.947 bits per heavy atom. The Labute approximate surface area is 220 Å². The molecule has 6 nitrogen and oxygen atoms in total. The fraction of sp³-hybridized carbons (Fsp3) is 0.300. The number of aryl methyl sites for hydroxylation is 1. The fourth-order valence-corrected chi connectivity index (χ4v) is 5.44. The molecule has 1 aliphatic heterocycles. The van der Waals surface area contributed by atoms with Crippen LogP contribution < -0.4 is 10.5 Å². The maximum atomic E-state index is 13.8. The highest BCUT2D eigenvalue weighted by atomic mass is 19.1.